The Balaban J connectivity index is 1.25. The SMILES string of the molecule is C/C(=N/NC(=O)c1ccc(CN2CCC(Cc3ccccc3)CC2)cc1)c1ccc([N+](=O)[O-])cc1. The molecule has 7 heteroatoms. The largest absolute Gasteiger partial charge is 0.299 e. The van der Waals surface area contributed by atoms with Gasteiger partial charge in [-0.2, -0.15) is 5.10 Å². The van der Waals surface area contributed by atoms with Gasteiger partial charge in [-0.1, -0.05) is 42.5 Å². The van der Waals surface area contributed by atoms with Crippen molar-refractivity contribution in [3.63, 3.8) is 0 Å². The number of hydrazone groups is 1. The summed E-state index contributed by atoms with van der Waals surface area (Å²) in [5, 5.41) is 14.9. The lowest BCUT2D eigenvalue weighted by molar-refractivity contribution is -0.384. The zero-order chi connectivity index (χ0) is 24.6. The minimum Gasteiger partial charge on any atom is -0.299 e. The van der Waals surface area contributed by atoms with Gasteiger partial charge in [-0.25, -0.2) is 5.43 Å². The summed E-state index contributed by atoms with van der Waals surface area (Å²) in [4.78, 5) is 25.3. The molecule has 180 valence electrons. The van der Waals surface area contributed by atoms with Crippen molar-refractivity contribution in [3.8, 4) is 0 Å². The van der Waals surface area contributed by atoms with Gasteiger partial charge in [0.1, 0.15) is 0 Å². The topological polar surface area (TPSA) is 87.8 Å². The Morgan fingerprint density at radius 3 is 2.20 bits per heavy atom. The van der Waals surface area contributed by atoms with E-state index in [-0.39, 0.29) is 11.6 Å². The molecule has 4 rings (SSSR count). The Bertz CT molecular complexity index is 1170. The summed E-state index contributed by atoms with van der Waals surface area (Å²) in [7, 11) is 0. The Kier molecular flexibility index (Phi) is 8.00. The number of nitrogens with one attached hydrogen (secondary N) is 1. The maximum Gasteiger partial charge on any atom is 0.271 e. The van der Waals surface area contributed by atoms with Gasteiger partial charge in [-0.3, -0.25) is 19.8 Å². The standard InChI is InChI=1S/C28H30N4O3/c1-21(25-11-13-27(14-12-25)32(34)35)29-30-28(33)26-9-7-24(8-10-26)20-31-17-15-23(16-18-31)19-22-5-3-2-4-6-22/h2-14,23H,15-20H2,1H3,(H,30,33)/b29-21-. The number of hydrogen-bond donors (Lipinski definition) is 1. The van der Waals surface area contributed by atoms with Crippen molar-refractivity contribution >= 4 is 17.3 Å². The van der Waals surface area contributed by atoms with Crippen LogP contribution in [0.4, 0.5) is 5.69 Å². The molecule has 1 fully saturated rings. The highest BCUT2D eigenvalue weighted by atomic mass is 16.6. The molecule has 7 nitrogen and oxygen atoms in total. The number of nitro benzene ring substituents is 1. The fourth-order valence-electron chi connectivity index (χ4n) is 4.40. The summed E-state index contributed by atoms with van der Waals surface area (Å²) in [5.41, 5.74) is 7.01. The molecule has 0 aliphatic carbocycles. The van der Waals surface area contributed by atoms with Gasteiger partial charge >= 0.3 is 0 Å². The Labute approximate surface area is 205 Å². The first kappa shape index (κ1) is 24.3. The molecule has 1 aliphatic heterocycles. The second-order valence-corrected chi connectivity index (χ2v) is 9.05. The van der Waals surface area contributed by atoms with Gasteiger partial charge in [0, 0.05) is 24.2 Å². The minimum absolute atomic E-state index is 0.0160. The molecule has 1 aliphatic rings. The zero-order valence-corrected chi connectivity index (χ0v) is 19.9. The number of hydrogen-bond acceptors (Lipinski definition) is 5. The van der Waals surface area contributed by atoms with Crippen LogP contribution >= 0.6 is 0 Å². The third-order valence-electron chi connectivity index (χ3n) is 6.52. The van der Waals surface area contributed by atoms with E-state index in [1.165, 1.54) is 36.1 Å². The van der Waals surface area contributed by atoms with E-state index < -0.39 is 4.92 Å². The van der Waals surface area contributed by atoms with E-state index in [4.69, 9.17) is 0 Å². The van der Waals surface area contributed by atoms with Gasteiger partial charge in [0.15, 0.2) is 0 Å². The van der Waals surface area contributed by atoms with Crippen molar-refractivity contribution < 1.29 is 9.72 Å². The van der Waals surface area contributed by atoms with Gasteiger partial charge in [0.05, 0.1) is 10.6 Å². The van der Waals surface area contributed by atoms with Crippen LogP contribution in [0.1, 0.15) is 46.8 Å². The Morgan fingerprint density at radius 1 is 0.943 bits per heavy atom. The predicted molar refractivity (Wildman–Crippen MR) is 137 cm³/mol. The molecule has 35 heavy (non-hydrogen) atoms. The number of rotatable bonds is 8. The Hall–Kier alpha value is -3.84. The van der Waals surface area contributed by atoms with E-state index in [2.05, 4.69) is 45.8 Å². The molecule has 3 aromatic carbocycles. The quantitative estimate of drug-likeness (QED) is 0.278. The molecular weight excluding hydrogens is 440 g/mol. The molecule has 0 bridgehead atoms. The molecule has 1 N–H and O–H groups in total. The van der Waals surface area contributed by atoms with Crippen LogP contribution in [0.25, 0.3) is 0 Å². The van der Waals surface area contributed by atoms with Crippen LogP contribution in [0.15, 0.2) is 84.0 Å². The number of carbonyl (C=O) groups excluding carboxylic acids is 1. The summed E-state index contributed by atoms with van der Waals surface area (Å²) in [5.74, 6) is 0.453. The second-order valence-electron chi connectivity index (χ2n) is 9.05. The first-order valence-corrected chi connectivity index (χ1v) is 11.9. The average molecular weight is 471 g/mol. The summed E-state index contributed by atoms with van der Waals surface area (Å²) < 4.78 is 0. The maximum absolute atomic E-state index is 12.5. The van der Waals surface area contributed by atoms with Crippen LogP contribution in [-0.4, -0.2) is 34.5 Å². The maximum atomic E-state index is 12.5. The van der Waals surface area contributed by atoms with Gasteiger partial charge in [-0.15, -0.1) is 0 Å². The number of non-ortho nitro benzene ring substituents is 1. The highest BCUT2D eigenvalue weighted by Gasteiger charge is 2.19. The zero-order valence-electron chi connectivity index (χ0n) is 19.9. The van der Waals surface area contributed by atoms with Gasteiger partial charge < -0.3 is 0 Å². The summed E-state index contributed by atoms with van der Waals surface area (Å²) in [6.07, 6.45) is 3.58. The van der Waals surface area contributed by atoms with E-state index in [1.54, 1.807) is 19.1 Å². The number of piperidine rings is 1. The molecule has 1 heterocycles. The average Bonchev–Trinajstić information content (AvgIpc) is 2.89. The molecule has 0 radical (unpaired) electrons. The fraction of sp³-hybridized carbons (Fsp3) is 0.286. The highest BCUT2D eigenvalue weighted by molar-refractivity contribution is 6.01. The molecule has 0 aromatic heterocycles. The van der Waals surface area contributed by atoms with Crippen LogP contribution in [0.2, 0.25) is 0 Å². The van der Waals surface area contributed by atoms with Crippen molar-refractivity contribution in [1.82, 2.24) is 10.3 Å². The van der Waals surface area contributed by atoms with E-state index in [9.17, 15) is 14.9 Å². The van der Waals surface area contributed by atoms with Crippen molar-refractivity contribution in [2.75, 3.05) is 13.1 Å². The number of likely N-dealkylation sites (tertiary alicyclic amines) is 1. The first-order valence-electron chi connectivity index (χ1n) is 11.9. The highest BCUT2D eigenvalue weighted by Crippen LogP contribution is 2.23. The minimum atomic E-state index is -0.449. The van der Waals surface area contributed by atoms with Crippen molar-refractivity contribution in [3.05, 3.63) is 111 Å². The lowest BCUT2D eigenvalue weighted by Gasteiger charge is -2.32. The van der Waals surface area contributed by atoms with Crippen LogP contribution < -0.4 is 5.43 Å². The number of carbonyl (C=O) groups is 1. The van der Waals surface area contributed by atoms with Crippen LogP contribution in [0.5, 0.6) is 0 Å². The third kappa shape index (κ3) is 6.83. The molecule has 1 saturated heterocycles. The van der Waals surface area contributed by atoms with Crippen LogP contribution in [0.3, 0.4) is 0 Å². The third-order valence-corrected chi connectivity index (χ3v) is 6.52. The van der Waals surface area contributed by atoms with E-state index in [1.807, 2.05) is 24.3 Å². The normalized spacial score (nSPS) is 15.1. The monoisotopic (exact) mass is 470 g/mol. The number of amides is 1. The molecule has 0 atom stereocenters. The number of benzene rings is 3. The molecule has 0 unspecified atom stereocenters. The van der Waals surface area contributed by atoms with Crippen molar-refractivity contribution in [2.45, 2.75) is 32.7 Å². The summed E-state index contributed by atoms with van der Waals surface area (Å²) in [6.45, 7) is 4.82. The van der Waals surface area contributed by atoms with Crippen molar-refractivity contribution in [1.29, 1.82) is 0 Å². The lowest BCUT2D eigenvalue weighted by atomic mass is 9.90. The van der Waals surface area contributed by atoms with Crippen LogP contribution in [0, 0.1) is 16.0 Å². The van der Waals surface area contributed by atoms with Crippen LogP contribution in [-0.2, 0) is 13.0 Å². The summed E-state index contributed by atoms with van der Waals surface area (Å²) in [6, 6.07) is 24.4. The second kappa shape index (κ2) is 11.5. The van der Waals surface area contributed by atoms with Gasteiger partial charge in [0.25, 0.3) is 11.6 Å². The van der Waals surface area contributed by atoms with Gasteiger partial charge in [-0.05, 0) is 86.1 Å². The van der Waals surface area contributed by atoms with E-state index >= 15 is 0 Å². The fourth-order valence-corrected chi connectivity index (χ4v) is 4.40. The summed E-state index contributed by atoms with van der Waals surface area (Å²) >= 11 is 0. The molecule has 1 amide bonds. The Morgan fingerprint density at radius 2 is 1.57 bits per heavy atom. The van der Waals surface area contributed by atoms with Gasteiger partial charge in [0.2, 0.25) is 0 Å². The van der Waals surface area contributed by atoms with E-state index in [0.717, 1.165) is 32.0 Å². The van der Waals surface area contributed by atoms with E-state index in [0.29, 0.717) is 16.8 Å². The molecule has 3 aromatic rings. The molecular formula is C28H30N4O3. The smallest absolute Gasteiger partial charge is 0.271 e. The molecule has 0 spiro atoms. The predicted octanol–water partition coefficient (Wildman–Crippen LogP) is 5.20. The van der Waals surface area contributed by atoms with Crippen molar-refractivity contribution in [2.24, 2.45) is 11.0 Å². The lowest BCUT2D eigenvalue weighted by Crippen LogP contribution is -2.33. The molecule has 0 saturated carbocycles. The first-order chi connectivity index (χ1) is 17.0. The number of nitro groups is 1. The number of nitrogens with zero attached hydrogens (tertiary/aromatic N) is 3.